The number of aromatic nitrogens is 4. The number of nitriles is 2. The average Bonchev–Trinajstić information content (AvgIpc) is 3.91. The van der Waals surface area contributed by atoms with E-state index in [9.17, 15) is 9.59 Å². The van der Waals surface area contributed by atoms with E-state index in [1.807, 2.05) is 68.8 Å². The molecule has 0 radical (unpaired) electrons. The zero-order valence-electron chi connectivity index (χ0n) is 27.4. The molecule has 2 atom stereocenters. The van der Waals surface area contributed by atoms with Gasteiger partial charge in [-0.3, -0.25) is 9.48 Å². The summed E-state index contributed by atoms with van der Waals surface area (Å²) in [4.78, 5) is 41.4. The molecule has 2 aromatic carbocycles. The Morgan fingerprint density at radius 1 is 0.917 bits per heavy atom. The number of aromatic amines is 1. The third-order valence-electron chi connectivity index (χ3n) is 9.21. The first kappa shape index (κ1) is 32.2. The van der Waals surface area contributed by atoms with Gasteiger partial charge in [-0.05, 0) is 42.7 Å². The summed E-state index contributed by atoms with van der Waals surface area (Å²) in [5, 5.41) is 22.1. The molecule has 3 aliphatic heterocycles. The second-order valence-electron chi connectivity index (χ2n) is 12.5. The van der Waals surface area contributed by atoms with Gasteiger partial charge in [-0.25, -0.2) is 9.78 Å². The van der Waals surface area contributed by atoms with Crippen molar-refractivity contribution >= 4 is 23.0 Å². The maximum Gasteiger partial charge on any atom is 0.320 e. The Balaban J connectivity index is 0.000000170. The first-order valence-corrected chi connectivity index (χ1v) is 16.0. The quantitative estimate of drug-likeness (QED) is 0.311. The van der Waals surface area contributed by atoms with E-state index in [1.165, 1.54) is 0 Å². The van der Waals surface area contributed by atoms with Crippen LogP contribution in [0.5, 0.6) is 5.75 Å². The van der Waals surface area contributed by atoms with Crippen LogP contribution in [0, 0.1) is 22.9 Å². The third-order valence-corrected chi connectivity index (χ3v) is 9.21. The minimum atomic E-state index is -0.158. The molecule has 248 valence electrons. The van der Waals surface area contributed by atoms with E-state index >= 15 is 0 Å². The highest BCUT2D eigenvalue weighted by atomic mass is 16.5. The van der Waals surface area contributed by atoms with Gasteiger partial charge in [-0.2, -0.15) is 15.6 Å². The van der Waals surface area contributed by atoms with Crippen molar-refractivity contribution in [3.05, 3.63) is 66.7 Å². The molecule has 0 unspecified atom stereocenters. The van der Waals surface area contributed by atoms with Crippen molar-refractivity contribution in [1.82, 2.24) is 44.2 Å². The van der Waals surface area contributed by atoms with Gasteiger partial charge in [0, 0.05) is 59.1 Å². The molecule has 0 spiro atoms. The maximum absolute atomic E-state index is 12.8. The topological polar surface area (TPSA) is 154 Å². The minimum absolute atomic E-state index is 0.0256. The van der Waals surface area contributed by atoms with Crippen molar-refractivity contribution in [2.45, 2.75) is 31.0 Å². The van der Waals surface area contributed by atoms with Gasteiger partial charge >= 0.3 is 6.03 Å². The summed E-state index contributed by atoms with van der Waals surface area (Å²) in [5.74, 6) is 1.00. The van der Waals surface area contributed by atoms with E-state index in [1.54, 1.807) is 42.4 Å². The third kappa shape index (κ3) is 6.98. The molecule has 0 saturated carbocycles. The van der Waals surface area contributed by atoms with E-state index in [0.717, 1.165) is 47.3 Å². The van der Waals surface area contributed by atoms with Crippen molar-refractivity contribution in [1.29, 1.82) is 10.5 Å². The number of H-pyrrole nitrogens is 1. The highest BCUT2D eigenvalue weighted by Gasteiger charge is 2.37. The molecule has 0 bridgehead atoms. The lowest BCUT2D eigenvalue weighted by Gasteiger charge is -2.41. The van der Waals surface area contributed by atoms with Crippen LogP contribution in [0.15, 0.2) is 60.9 Å². The molecule has 4 aromatic rings. The molecule has 3 aliphatic rings. The Morgan fingerprint density at radius 2 is 1.58 bits per heavy atom. The number of benzene rings is 2. The molecule has 1 N–H and O–H groups in total. The minimum Gasteiger partial charge on any atom is -0.487 e. The van der Waals surface area contributed by atoms with Crippen LogP contribution < -0.4 is 4.74 Å². The number of amides is 3. The van der Waals surface area contributed by atoms with E-state index in [0.29, 0.717) is 38.5 Å². The number of fused-ring (bicyclic) bond motifs is 1. The lowest BCUT2D eigenvalue weighted by molar-refractivity contribution is 0.0298. The van der Waals surface area contributed by atoms with Gasteiger partial charge in [0.2, 0.25) is 0 Å². The van der Waals surface area contributed by atoms with Gasteiger partial charge in [-0.1, -0.05) is 24.3 Å². The molecule has 3 saturated heterocycles. The number of likely N-dealkylation sites (tertiary alicyclic amines) is 3. The predicted octanol–water partition coefficient (Wildman–Crippen LogP) is 2.95. The number of imidazole rings is 1. The number of nitrogens with one attached hydrogen (secondary N) is 1. The first-order chi connectivity index (χ1) is 23.2. The standard InChI is InChI=1S/C18H19N7O.C16H20N4O2/c1-23-9-13(8-20-23)12-3-4-15-16(7-12)22-17(21-15)18(26)24(2)14-5-6-25(10-14)11-19;1-18(13-7-8-19(9-13)12-17)16(21)20-10-15(11-20)22-14-5-3-2-4-6-14/h3-4,7-9,14H,5-6,10H2,1-2H3,(H,21,22);2-6,13,15H,7-11H2,1H3/t14-;13-/m11/s1. The molecule has 3 amide bonds. The fourth-order valence-corrected chi connectivity index (χ4v) is 6.23. The van der Waals surface area contributed by atoms with E-state index < -0.39 is 0 Å². The van der Waals surface area contributed by atoms with Crippen LogP contribution in [0.3, 0.4) is 0 Å². The fraction of sp³-hybridized carbons (Fsp3) is 0.412. The molecular formula is C34H39N11O3. The summed E-state index contributed by atoms with van der Waals surface area (Å²) >= 11 is 0. The molecule has 14 heteroatoms. The SMILES string of the molecule is CN(C(=O)N1CC(Oc2ccccc2)C1)[C@@H]1CCN(C#N)C1.CN(C(=O)c1nc2ccc(-c3cnn(C)c3)cc2[nH]1)[C@@H]1CCN(C#N)C1. The molecule has 5 heterocycles. The highest BCUT2D eigenvalue weighted by molar-refractivity contribution is 5.95. The number of ether oxygens (including phenoxy) is 1. The Labute approximate surface area is 279 Å². The number of nitrogens with zero attached hydrogens (tertiary/aromatic N) is 10. The van der Waals surface area contributed by atoms with Crippen LogP contribution in [-0.2, 0) is 7.05 Å². The second-order valence-corrected chi connectivity index (χ2v) is 12.5. The monoisotopic (exact) mass is 649 g/mol. The number of likely N-dealkylation sites (N-methyl/N-ethyl adjacent to an activating group) is 2. The van der Waals surface area contributed by atoms with Crippen molar-refractivity contribution in [3.63, 3.8) is 0 Å². The Morgan fingerprint density at radius 3 is 2.19 bits per heavy atom. The summed E-state index contributed by atoms with van der Waals surface area (Å²) in [6.07, 6.45) is 9.74. The molecule has 48 heavy (non-hydrogen) atoms. The number of carbonyl (C=O) groups is 2. The van der Waals surface area contributed by atoms with E-state index in [-0.39, 0.29) is 30.1 Å². The Bertz CT molecular complexity index is 1840. The van der Waals surface area contributed by atoms with Crippen molar-refractivity contribution in [3.8, 4) is 29.3 Å². The lowest BCUT2D eigenvalue weighted by atomic mass is 10.1. The number of aryl methyl sites for hydroxylation is 1. The smallest absolute Gasteiger partial charge is 0.320 e. The molecule has 7 rings (SSSR count). The molecular weight excluding hydrogens is 610 g/mol. The average molecular weight is 650 g/mol. The molecule has 0 aliphatic carbocycles. The van der Waals surface area contributed by atoms with Crippen LogP contribution in [0.1, 0.15) is 23.5 Å². The maximum atomic E-state index is 12.8. The van der Waals surface area contributed by atoms with Gasteiger partial charge in [0.1, 0.15) is 11.9 Å². The zero-order chi connectivity index (χ0) is 33.8. The zero-order valence-corrected chi connectivity index (χ0v) is 27.4. The largest absolute Gasteiger partial charge is 0.487 e. The van der Waals surface area contributed by atoms with Crippen molar-refractivity contribution in [2.24, 2.45) is 7.05 Å². The van der Waals surface area contributed by atoms with Crippen molar-refractivity contribution < 1.29 is 14.3 Å². The predicted molar refractivity (Wildman–Crippen MR) is 177 cm³/mol. The van der Waals surface area contributed by atoms with Crippen LogP contribution >= 0.6 is 0 Å². The van der Waals surface area contributed by atoms with Gasteiger partial charge in [0.05, 0.1) is 42.4 Å². The van der Waals surface area contributed by atoms with Gasteiger partial charge in [0.15, 0.2) is 18.2 Å². The summed E-state index contributed by atoms with van der Waals surface area (Å²) in [6.45, 7) is 3.87. The van der Waals surface area contributed by atoms with Crippen LogP contribution in [0.25, 0.3) is 22.2 Å². The van der Waals surface area contributed by atoms with E-state index in [4.69, 9.17) is 15.3 Å². The molecule has 14 nitrogen and oxygen atoms in total. The number of urea groups is 1. The van der Waals surface area contributed by atoms with Crippen molar-refractivity contribution in [2.75, 3.05) is 53.4 Å². The second kappa shape index (κ2) is 13.9. The van der Waals surface area contributed by atoms with Crippen LogP contribution in [-0.4, -0.2) is 128 Å². The summed E-state index contributed by atoms with van der Waals surface area (Å²) < 4.78 is 7.56. The lowest BCUT2D eigenvalue weighted by Crippen LogP contribution is -2.60. The van der Waals surface area contributed by atoms with Crippen LogP contribution in [0.2, 0.25) is 0 Å². The number of para-hydroxylation sites is 1. The normalized spacial score (nSPS) is 18.8. The molecule has 3 fully saturated rings. The van der Waals surface area contributed by atoms with Gasteiger partial charge < -0.3 is 34.2 Å². The van der Waals surface area contributed by atoms with Crippen LogP contribution in [0.4, 0.5) is 4.79 Å². The Kier molecular flexibility index (Phi) is 9.34. The first-order valence-electron chi connectivity index (χ1n) is 16.0. The number of carbonyl (C=O) groups excluding carboxylic acids is 2. The number of hydrogen-bond acceptors (Lipinski definition) is 9. The number of hydrogen-bond donors (Lipinski definition) is 1. The van der Waals surface area contributed by atoms with Gasteiger partial charge in [-0.15, -0.1) is 0 Å². The highest BCUT2D eigenvalue weighted by Crippen LogP contribution is 2.24. The summed E-state index contributed by atoms with van der Waals surface area (Å²) in [5.41, 5.74) is 3.59. The summed E-state index contributed by atoms with van der Waals surface area (Å²) in [6, 6.07) is 15.7. The van der Waals surface area contributed by atoms with E-state index in [2.05, 4.69) is 27.5 Å². The number of rotatable bonds is 6. The van der Waals surface area contributed by atoms with Gasteiger partial charge in [0.25, 0.3) is 5.91 Å². The fourth-order valence-electron chi connectivity index (χ4n) is 6.23. The summed E-state index contributed by atoms with van der Waals surface area (Å²) in [7, 11) is 5.46. The Hall–Kier alpha value is -5.76. The molecule has 2 aromatic heterocycles.